The largest absolute Gasteiger partial charge is 0.378 e. The van der Waals surface area contributed by atoms with Gasteiger partial charge in [-0.3, -0.25) is 9.59 Å². The SMILES string of the molecule is CC(=O)C1(O)CN(C(=O)C(C)(C)C)C1. The number of hydrogen-bond donors (Lipinski definition) is 1. The Morgan fingerprint density at radius 2 is 1.71 bits per heavy atom. The number of likely N-dealkylation sites (tertiary alicyclic amines) is 1. The molecule has 0 radical (unpaired) electrons. The summed E-state index contributed by atoms with van der Waals surface area (Å²) < 4.78 is 0. The van der Waals surface area contributed by atoms with Crippen LogP contribution in [0.15, 0.2) is 0 Å². The fourth-order valence-electron chi connectivity index (χ4n) is 1.43. The van der Waals surface area contributed by atoms with Gasteiger partial charge in [-0.2, -0.15) is 0 Å². The minimum atomic E-state index is -1.29. The Labute approximate surface area is 83.9 Å². The van der Waals surface area contributed by atoms with Gasteiger partial charge in [-0.25, -0.2) is 0 Å². The van der Waals surface area contributed by atoms with Crippen molar-refractivity contribution in [3.63, 3.8) is 0 Å². The molecule has 1 heterocycles. The van der Waals surface area contributed by atoms with Crippen LogP contribution in [0.2, 0.25) is 0 Å². The zero-order valence-electron chi connectivity index (χ0n) is 9.13. The highest BCUT2D eigenvalue weighted by Gasteiger charge is 2.49. The Balaban J connectivity index is 2.58. The monoisotopic (exact) mass is 199 g/mol. The Morgan fingerprint density at radius 1 is 1.29 bits per heavy atom. The zero-order valence-corrected chi connectivity index (χ0v) is 9.13. The normalized spacial score (nSPS) is 20.2. The second-order valence-electron chi connectivity index (χ2n) is 5.00. The number of β-amino-alcohol motifs (C(OH)–C–C–N with tert-alkyl or cyclic N) is 1. The van der Waals surface area contributed by atoms with E-state index in [2.05, 4.69) is 0 Å². The molecule has 1 amide bonds. The lowest BCUT2D eigenvalue weighted by Crippen LogP contribution is -2.68. The maximum absolute atomic E-state index is 11.7. The van der Waals surface area contributed by atoms with Gasteiger partial charge in [0.25, 0.3) is 0 Å². The third kappa shape index (κ3) is 1.80. The number of hydrogen-bond acceptors (Lipinski definition) is 3. The van der Waals surface area contributed by atoms with Crippen molar-refractivity contribution < 1.29 is 14.7 Å². The molecule has 1 aliphatic heterocycles. The van der Waals surface area contributed by atoms with Gasteiger partial charge in [0.2, 0.25) is 5.91 Å². The maximum atomic E-state index is 11.7. The number of Topliss-reactive ketones (excluding diaryl/α,β-unsaturated/α-hetero) is 1. The van der Waals surface area contributed by atoms with Gasteiger partial charge in [-0.1, -0.05) is 20.8 Å². The van der Waals surface area contributed by atoms with Gasteiger partial charge in [0.15, 0.2) is 11.4 Å². The van der Waals surface area contributed by atoms with Gasteiger partial charge in [0.05, 0.1) is 13.1 Å². The predicted octanol–water partition coefficient (Wildman–Crippen LogP) is 0.195. The number of carbonyl (C=O) groups is 2. The highest BCUT2D eigenvalue weighted by atomic mass is 16.3. The first-order chi connectivity index (χ1) is 6.17. The summed E-state index contributed by atoms with van der Waals surface area (Å²) in [6.45, 7) is 7.08. The molecular weight excluding hydrogens is 182 g/mol. The summed E-state index contributed by atoms with van der Waals surface area (Å²) in [6, 6.07) is 0. The van der Waals surface area contributed by atoms with Gasteiger partial charge < -0.3 is 10.0 Å². The first-order valence-corrected chi connectivity index (χ1v) is 4.70. The molecule has 0 aromatic carbocycles. The number of nitrogens with zero attached hydrogens (tertiary/aromatic N) is 1. The molecule has 0 saturated carbocycles. The standard InChI is InChI=1S/C10H17NO3/c1-7(12)10(14)5-11(6-10)8(13)9(2,3)4/h14H,5-6H2,1-4H3. The van der Waals surface area contributed by atoms with E-state index in [-0.39, 0.29) is 24.8 Å². The third-order valence-corrected chi connectivity index (χ3v) is 2.49. The van der Waals surface area contributed by atoms with Crippen molar-refractivity contribution >= 4 is 11.7 Å². The number of ketones is 1. The molecule has 4 nitrogen and oxygen atoms in total. The lowest BCUT2D eigenvalue weighted by atomic mass is 9.86. The number of amides is 1. The average molecular weight is 199 g/mol. The first-order valence-electron chi connectivity index (χ1n) is 4.70. The molecule has 1 N–H and O–H groups in total. The van der Waals surface area contributed by atoms with Crippen LogP contribution in [-0.4, -0.2) is 40.4 Å². The molecule has 1 saturated heterocycles. The molecule has 4 heteroatoms. The minimum absolute atomic E-state index is 0.0246. The van der Waals surface area contributed by atoms with E-state index in [4.69, 9.17) is 0 Å². The summed E-state index contributed by atoms with van der Waals surface area (Å²) >= 11 is 0. The summed E-state index contributed by atoms with van der Waals surface area (Å²) in [6.07, 6.45) is 0. The van der Waals surface area contributed by atoms with Crippen molar-refractivity contribution in [2.24, 2.45) is 5.41 Å². The van der Waals surface area contributed by atoms with E-state index in [1.165, 1.54) is 11.8 Å². The summed E-state index contributed by atoms with van der Waals surface area (Å²) in [4.78, 5) is 24.2. The Morgan fingerprint density at radius 3 is 2.00 bits per heavy atom. The molecule has 1 rings (SSSR count). The molecule has 14 heavy (non-hydrogen) atoms. The summed E-state index contributed by atoms with van der Waals surface area (Å²) in [7, 11) is 0. The Kier molecular flexibility index (Phi) is 2.44. The fourth-order valence-corrected chi connectivity index (χ4v) is 1.43. The second-order valence-corrected chi connectivity index (χ2v) is 5.00. The van der Waals surface area contributed by atoms with Crippen LogP contribution in [0.5, 0.6) is 0 Å². The first kappa shape index (κ1) is 11.2. The van der Waals surface area contributed by atoms with E-state index in [0.29, 0.717) is 0 Å². The maximum Gasteiger partial charge on any atom is 0.228 e. The molecule has 0 atom stereocenters. The van der Waals surface area contributed by atoms with Crippen molar-refractivity contribution in [2.45, 2.75) is 33.3 Å². The van der Waals surface area contributed by atoms with Crippen molar-refractivity contribution in [1.29, 1.82) is 0 Å². The topological polar surface area (TPSA) is 57.6 Å². The predicted molar refractivity (Wildman–Crippen MR) is 51.7 cm³/mol. The Bertz CT molecular complexity index is 272. The molecule has 0 unspecified atom stereocenters. The van der Waals surface area contributed by atoms with Crippen LogP contribution >= 0.6 is 0 Å². The van der Waals surface area contributed by atoms with E-state index in [0.717, 1.165) is 0 Å². The highest BCUT2D eigenvalue weighted by Crippen LogP contribution is 2.27. The third-order valence-electron chi connectivity index (χ3n) is 2.49. The molecule has 0 aromatic rings. The zero-order chi connectivity index (χ0) is 11.1. The van der Waals surface area contributed by atoms with Crippen molar-refractivity contribution in [3.8, 4) is 0 Å². The molecule has 0 aromatic heterocycles. The van der Waals surface area contributed by atoms with Crippen LogP contribution in [0.25, 0.3) is 0 Å². The van der Waals surface area contributed by atoms with Crippen LogP contribution in [-0.2, 0) is 9.59 Å². The quantitative estimate of drug-likeness (QED) is 0.656. The van der Waals surface area contributed by atoms with Crippen LogP contribution in [0, 0.1) is 5.41 Å². The molecule has 80 valence electrons. The lowest BCUT2D eigenvalue weighted by molar-refractivity contribution is -0.170. The summed E-state index contributed by atoms with van der Waals surface area (Å²) in [5, 5.41) is 9.63. The van der Waals surface area contributed by atoms with Crippen molar-refractivity contribution in [3.05, 3.63) is 0 Å². The van der Waals surface area contributed by atoms with Crippen molar-refractivity contribution in [1.82, 2.24) is 4.90 Å². The molecular formula is C10H17NO3. The van der Waals surface area contributed by atoms with Gasteiger partial charge >= 0.3 is 0 Å². The number of aliphatic hydroxyl groups is 1. The molecule has 0 bridgehead atoms. The molecule has 0 aliphatic carbocycles. The fraction of sp³-hybridized carbons (Fsp3) is 0.800. The van der Waals surface area contributed by atoms with Crippen molar-refractivity contribution in [2.75, 3.05) is 13.1 Å². The van der Waals surface area contributed by atoms with E-state index in [1.807, 2.05) is 20.8 Å². The van der Waals surface area contributed by atoms with E-state index < -0.39 is 11.0 Å². The molecule has 1 fully saturated rings. The lowest BCUT2D eigenvalue weighted by Gasteiger charge is -2.46. The van der Waals surface area contributed by atoms with E-state index in [9.17, 15) is 14.7 Å². The highest BCUT2D eigenvalue weighted by molar-refractivity contribution is 5.90. The van der Waals surface area contributed by atoms with E-state index in [1.54, 1.807) is 0 Å². The smallest absolute Gasteiger partial charge is 0.228 e. The van der Waals surface area contributed by atoms with Gasteiger partial charge in [-0.15, -0.1) is 0 Å². The molecule has 1 aliphatic rings. The Hall–Kier alpha value is -0.900. The second kappa shape index (κ2) is 3.05. The number of rotatable bonds is 1. The van der Waals surface area contributed by atoms with Crippen LogP contribution in [0.3, 0.4) is 0 Å². The van der Waals surface area contributed by atoms with Gasteiger partial charge in [0.1, 0.15) is 0 Å². The van der Waals surface area contributed by atoms with Crippen LogP contribution < -0.4 is 0 Å². The van der Waals surface area contributed by atoms with Crippen LogP contribution in [0.1, 0.15) is 27.7 Å². The summed E-state index contributed by atoms with van der Waals surface area (Å²) in [5.41, 5.74) is -1.74. The minimum Gasteiger partial charge on any atom is -0.378 e. The van der Waals surface area contributed by atoms with Crippen LogP contribution in [0.4, 0.5) is 0 Å². The molecule has 0 spiro atoms. The van der Waals surface area contributed by atoms with Gasteiger partial charge in [0, 0.05) is 5.41 Å². The average Bonchev–Trinajstić information content (AvgIpc) is 1.95. The van der Waals surface area contributed by atoms with Gasteiger partial charge in [-0.05, 0) is 6.92 Å². The summed E-state index contributed by atoms with van der Waals surface area (Å²) in [5.74, 6) is -0.293. The van der Waals surface area contributed by atoms with E-state index >= 15 is 0 Å². The number of carbonyl (C=O) groups excluding carboxylic acids is 2.